The molecule has 4 nitrogen and oxygen atoms in total. The van der Waals surface area contributed by atoms with Crippen molar-refractivity contribution in [2.45, 2.75) is 46.2 Å². The maximum Gasteiger partial charge on any atom is 0.129 e. The molecule has 0 spiro atoms. The van der Waals surface area contributed by atoms with Crippen molar-refractivity contribution in [1.29, 1.82) is 0 Å². The van der Waals surface area contributed by atoms with E-state index >= 15 is 0 Å². The van der Waals surface area contributed by atoms with Crippen LogP contribution < -0.4 is 10.2 Å². The van der Waals surface area contributed by atoms with Crippen molar-refractivity contribution in [3.63, 3.8) is 0 Å². The molecule has 0 radical (unpaired) electrons. The predicted molar refractivity (Wildman–Crippen MR) is 85.2 cm³/mol. The Morgan fingerprint density at radius 2 is 2.05 bits per heavy atom. The zero-order valence-corrected chi connectivity index (χ0v) is 13.4. The fraction of sp³-hybridized carbons (Fsp3) is 0.688. The number of pyridine rings is 1. The second kappa shape index (κ2) is 9.72. The lowest BCUT2D eigenvalue weighted by atomic mass is 10.1. The van der Waals surface area contributed by atoms with Crippen molar-refractivity contribution < 1.29 is 4.74 Å². The summed E-state index contributed by atoms with van der Waals surface area (Å²) in [5.41, 5.74) is 1.28. The lowest BCUT2D eigenvalue weighted by Crippen LogP contribution is -2.37. The molecule has 1 heterocycles. The lowest BCUT2D eigenvalue weighted by molar-refractivity contribution is 0.202. The van der Waals surface area contributed by atoms with Gasteiger partial charge in [-0.05, 0) is 37.1 Å². The highest BCUT2D eigenvalue weighted by Crippen LogP contribution is 2.19. The SMILES string of the molecule is CCNCc1ccnc(N(CCOC)C(CC)CC)c1. The first-order valence-corrected chi connectivity index (χ1v) is 7.67. The number of anilines is 1. The Kier molecular flexibility index (Phi) is 8.23. The summed E-state index contributed by atoms with van der Waals surface area (Å²) in [5, 5.41) is 3.36. The average Bonchev–Trinajstić information content (AvgIpc) is 2.49. The Bertz CT molecular complexity index is 366. The third-order valence-corrected chi connectivity index (χ3v) is 3.60. The van der Waals surface area contributed by atoms with E-state index in [1.165, 1.54) is 5.56 Å². The first-order chi connectivity index (χ1) is 9.76. The van der Waals surface area contributed by atoms with Crippen LogP contribution in [0, 0.1) is 0 Å². The van der Waals surface area contributed by atoms with Crippen LogP contribution in [0.2, 0.25) is 0 Å². The average molecular weight is 279 g/mol. The Balaban J connectivity index is 2.87. The molecule has 0 saturated carbocycles. The van der Waals surface area contributed by atoms with Crippen molar-refractivity contribution in [2.75, 3.05) is 31.7 Å². The number of nitrogens with one attached hydrogen (secondary N) is 1. The third kappa shape index (κ3) is 5.10. The maximum absolute atomic E-state index is 5.25. The molecule has 0 bridgehead atoms. The summed E-state index contributed by atoms with van der Waals surface area (Å²) >= 11 is 0. The summed E-state index contributed by atoms with van der Waals surface area (Å²) in [4.78, 5) is 6.93. The van der Waals surface area contributed by atoms with Crippen LogP contribution in [0.1, 0.15) is 39.2 Å². The molecule has 1 N–H and O–H groups in total. The molecule has 0 saturated heterocycles. The summed E-state index contributed by atoms with van der Waals surface area (Å²) in [5.74, 6) is 1.06. The highest BCUT2D eigenvalue weighted by Gasteiger charge is 2.16. The van der Waals surface area contributed by atoms with E-state index in [0.717, 1.165) is 44.9 Å². The summed E-state index contributed by atoms with van der Waals surface area (Å²) in [6.45, 7) is 10.1. The minimum atomic E-state index is 0.520. The molecule has 0 aromatic carbocycles. The summed E-state index contributed by atoms with van der Waals surface area (Å²) in [7, 11) is 1.75. The highest BCUT2D eigenvalue weighted by molar-refractivity contribution is 5.42. The highest BCUT2D eigenvalue weighted by atomic mass is 16.5. The molecule has 1 aromatic rings. The Labute approximate surface area is 123 Å². The smallest absolute Gasteiger partial charge is 0.129 e. The van der Waals surface area contributed by atoms with Crippen LogP contribution in [0.5, 0.6) is 0 Å². The van der Waals surface area contributed by atoms with Gasteiger partial charge in [0.15, 0.2) is 0 Å². The lowest BCUT2D eigenvalue weighted by Gasteiger charge is -2.31. The van der Waals surface area contributed by atoms with Crippen LogP contribution in [-0.4, -0.2) is 37.8 Å². The van der Waals surface area contributed by atoms with Crippen molar-refractivity contribution in [1.82, 2.24) is 10.3 Å². The minimum Gasteiger partial charge on any atom is -0.383 e. The summed E-state index contributed by atoms with van der Waals surface area (Å²) < 4.78 is 5.25. The van der Waals surface area contributed by atoms with Crippen LogP contribution in [0.25, 0.3) is 0 Å². The first kappa shape index (κ1) is 16.9. The molecule has 0 aliphatic carbocycles. The van der Waals surface area contributed by atoms with Gasteiger partial charge in [-0.15, -0.1) is 0 Å². The van der Waals surface area contributed by atoms with Gasteiger partial charge in [0.25, 0.3) is 0 Å². The zero-order chi connectivity index (χ0) is 14.8. The molecule has 0 aliphatic heterocycles. The minimum absolute atomic E-state index is 0.520. The van der Waals surface area contributed by atoms with Crippen LogP contribution in [0.15, 0.2) is 18.3 Å². The van der Waals surface area contributed by atoms with E-state index in [1.54, 1.807) is 7.11 Å². The number of hydrogen-bond donors (Lipinski definition) is 1. The van der Waals surface area contributed by atoms with Crippen molar-refractivity contribution in [3.8, 4) is 0 Å². The maximum atomic E-state index is 5.25. The van der Waals surface area contributed by atoms with Gasteiger partial charge in [0.05, 0.1) is 6.61 Å². The van der Waals surface area contributed by atoms with Gasteiger partial charge in [-0.3, -0.25) is 0 Å². The molecule has 1 rings (SSSR count). The number of ether oxygens (including phenoxy) is 1. The normalized spacial score (nSPS) is 11.1. The quantitative estimate of drug-likeness (QED) is 0.714. The van der Waals surface area contributed by atoms with Crippen LogP contribution in [-0.2, 0) is 11.3 Å². The largest absolute Gasteiger partial charge is 0.383 e. The molecule has 0 unspecified atom stereocenters. The fourth-order valence-corrected chi connectivity index (χ4v) is 2.40. The number of hydrogen-bond acceptors (Lipinski definition) is 4. The van der Waals surface area contributed by atoms with Gasteiger partial charge in [-0.25, -0.2) is 4.98 Å². The summed E-state index contributed by atoms with van der Waals surface area (Å²) in [6.07, 6.45) is 4.16. The number of methoxy groups -OCH3 is 1. The molecular weight excluding hydrogens is 250 g/mol. The second-order valence-electron chi connectivity index (χ2n) is 4.96. The van der Waals surface area contributed by atoms with Gasteiger partial charge in [0.1, 0.15) is 5.82 Å². The van der Waals surface area contributed by atoms with E-state index in [2.05, 4.69) is 48.1 Å². The Morgan fingerprint density at radius 1 is 1.30 bits per heavy atom. The summed E-state index contributed by atoms with van der Waals surface area (Å²) in [6, 6.07) is 4.79. The van der Waals surface area contributed by atoms with Gasteiger partial charge >= 0.3 is 0 Å². The van der Waals surface area contributed by atoms with Crippen molar-refractivity contribution in [2.24, 2.45) is 0 Å². The monoisotopic (exact) mass is 279 g/mol. The second-order valence-corrected chi connectivity index (χ2v) is 4.96. The molecule has 0 atom stereocenters. The molecule has 0 aliphatic rings. The predicted octanol–water partition coefficient (Wildman–Crippen LogP) is 2.83. The Hall–Kier alpha value is -1.13. The van der Waals surface area contributed by atoms with Gasteiger partial charge in [0.2, 0.25) is 0 Å². The van der Waals surface area contributed by atoms with Gasteiger partial charge in [-0.1, -0.05) is 20.8 Å². The Morgan fingerprint density at radius 3 is 2.65 bits per heavy atom. The van der Waals surface area contributed by atoms with Crippen LogP contribution in [0.3, 0.4) is 0 Å². The molecule has 1 aromatic heterocycles. The fourth-order valence-electron chi connectivity index (χ4n) is 2.40. The molecule has 0 amide bonds. The van der Waals surface area contributed by atoms with E-state index < -0.39 is 0 Å². The van der Waals surface area contributed by atoms with Crippen LogP contribution in [0.4, 0.5) is 5.82 Å². The van der Waals surface area contributed by atoms with Crippen molar-refractivity contribution in [3.05, 3.63) is 23.9 Å². The topological polar surface area (TPSA) is 37.4 Å². The molecule has 20 heavy (non-hydrogen) atoms. The number of aromatic nitrogens is 1. The molecule has 114 valence electrons. The van der Waals surface area contributed by atoms with E-state index in [4.69, 9.17) is 4.74 Å². The van der Waals surface area contributed by atoms with Gasteiger partial charge < -0.3 is 15.0 Å². The first-order valence-electron chi connectivity index (χ1n) is 7.67. The zero-order valence-electron chi connectivity index (χ0n) is 13.4. The van der Waals surface area contributed by atoms with E-state index in [-0.39, 0.29) is 0 Å². The van der Waals surface area contributed by atoms with Gasteiger partial charge in [-0.2, -0.15) is 0 Å². The number of rotatable bonds is 10. The molecule has 0 fully saturated rings. The van der Waals surface area contributed by atoms with E-state index in [0.29, 0.717) is 6.04 Å². The molecular formula is C16H29N3O. The standard InChI is InChI=1S/C16H29N3O/c1-5-15(6-2)19(10-11-20-4)16-12-14(8-9-18-16)13-17-7-3/h8-9,12,15,17H,5-7,10-11,13H2,1-4H3. The van der Waals surface area contributed by atoms with Crippen LogP contribution >= 0.6 is 0 Å². The molecule has 4 heteroatoms. The van der Waals surface area contributed by atoms with Gasteiger partial charge in [0, 0.05) is 32.4 Å². The van der Waals surface area contributed by atoms with Crippen molar-refractivity contribution >= 4 is 5.82 Å². The van der Waals surface area contributed by atoms with E-state index in [1.807, 2.05) is 6.20 Å². The number of nitrogens with zero attached hydrogens (tertiary/aromatic N) is 2. The third-order valence-electron chi connectivity index (χ3n) is 3.60. The van der Waals surface area contributed by atoms with E-state index in [9.17, 15) is 0 Å².